The predicted molar refractivity (Wildman–Crippen MR) is 77.4 cm³/mol. The molecule has 1 aromatic carbocycles. The Hall–Kier alpha value is -0.340. The molecule has 0 N–H and O–H groups in total. The number of benzene rings is 1. The maximum absolute atomic E-state index is 3.50. The fraction of sp³-hybridized carbons (Fsp3) is 0.600. The van der Waals surface area contributed by atoms with Crippen molar-refractivity contribution in [1.82, 2.24) is 4.90 Å². The largest absolute Gasteiger partial charge is 0.301 e. The molecule has 17 heavy (non-hydrogen) atoms. The van der Waals surface area contributed by atoms with Crippen molar-refractivity contribution in [2.45, 2.75) is 45.1 Å². The minimum atomic E-state index is 0.751. The molecule has 1 heterocycles. The molecule has 1 aliphatic heterocycles. The van der Waals surface area contributed by atoms with Crippen LogP contribution in [0, 0.1) is 0 Å². The molecular weight excluding hydrogens is 274 g/mol. The fourth-order valence-corrected chi connectivity index (χ4v) is 2.93. The number of nitrogens with zero attached hydrogens (tertiary/aromatic N) is 1. The molecule has 1 aromatic rings. The summed E-state index contributed by atoms with van der Waals surface area (Å²) in [6.07, 6.45) is 3.89. The third-order valence-corrected chi connectivity index (χ3v) is 4.61. The number of hydrogen-bond acceptors (Lipinski definition) is 1. The first-order chi connectivity index (χ1) is 8.20. The van der Waals surface area contributed by atoms with Crippen LogP contribution in [0.3, 0.4) is 0 Å². The van der Waals surface area contributed by atoms with Gasteiger partial charge in [0.25, 0.3) is 0 Å². The van der Waals surface area contributed by atoms with Gasteiger partial charge >= 0.3 is 0 Å². The lowest BCUT2D eigenvalue weighted by molar-refractivity contribution is 0.158. The van der Waals surface area contributed by atoms with E-state index in [1.54, 1.807) is 0 Å². The second-order valence-electron chi connectivity index (χ2n) is 5.12. The monoisotopic (exact) mass is 295 g/mol. The van der Waals surface area contributed by atoms with Gasteiger partial charge in [0.05, 0.1) is 0 Å². The molecular formula is C15H22BrN. The fourth-order valence-electron chi connectivity index (χ4n) is 2.67. The maximum Gasteiger partial charge on any atom is 0.0175 e. The van der Waals surface area contributed by atoms with Gasteiger partial charge in [0.2, 0.25) is 0 Å². The summed E-state index contributed by atoms with van der Waals surface area (Å²) in [5, 5.41) is 0. The predicted octanol–water partition coefficient (Wildman–Crippen LogP) is 4.43. The first-order valence-corrected chi connectivity index (χ1v) is 7.49. The van der Waals surface area contributed by atoms with Crippen molar-refractivity contribution in [3.63, 3.8) is 0 Å². The first kappa shape index (κ1) is 13.1. The van der Waals surface area contributed by atoms with E-state index in [0.29, 0.717) is 0 Å². The van der Waals surface area contributed by atoms with Gasteiger partial charge in [-0.15, -0.1) is 0 Å². The summed E-state index contributed by atoms with van der Waals surface area (Å²) in [5.41, 5.74) is 1.51. The summed E-state index contributed by atoms with van der Waals surface area (Å²) in [5.74, 6) is 0.767. The van der Waals surface area contributed by atoms with Crippen LogP contribution in [0.1, 0.15) is 44.6 Å². The highest BCUT2D eigenvalue weighted by molar-refractivity contribution is 9.10. The van der Waals surface area contributed by atoms with E-state index in [9.17, 15) is 0 Å². The van der Waals surface area contributed by atoms with Gasteiger partial charge in [0, 0.05) is 10.5 Å². The molecule has 0 spiro atoms. The molecule has 2 heteroatoms. The zero-order valence-corrected chi connectivity index (χ0v) is 12.4. The van der Waals surface area contributed by atoms with Crippen LogP contribution in [0.4, 0.5) is 0 Å². The van der Waals surface area contributed by atoms with Crippen LogP contribution >= 0.6 is 15.9 Å². The number of likely N-dealkylation sites (tertiary alicyclic amines) is 1. The van der Waals surface area contributed by atoms with Crippen molar-refractivity contribution >= 4 is 15.9 Å². The van der Waals surface area contributed by atoms with E-state index in [1.165, 1.54) is 42.4 Å². The quantitative estimate of drug-likeness (QED) is 0.797. The molecule has 94 valence electrons. The van der Waals surface area contributed by atoms with Crippen LogP contribution < -0.4 is 0 Å². The second-order valence-corrected chi connectivity index (χ2v) is 6.03. The van der Waals surface area contributed by atoms with Crippen LogP contribution in [0.15, 0.2) is 28.7 Å². The van der Waals surface area contributed by atoms with E-state index in [0.717, 1.165) is 12.0 Å². The highest BCUT2D eigenvalue weighted by atomic mass is 79.9. The molecule has 1 unspecified atom stereocenters. The van der Waals surface area contributed by atoms with Gasteiger partial charge < -0.3 is 4.90 Å². The van der Waals surface area contributed by atoms with Crippen LogP contribution in [-0.2, 0) is 0 Å². The van der Waals surface area contributed by atoms with Gasteiger partial charge in [0.1, 0.15) is 0 Å². The Bertz CT molecular complexity index is 338. The molecule has 0 aromatic heterocycles. The SMILES string of the molecule is CCC(C)N1CCC(c2ccc(Br)cc2)CC1. The van der Waals surface area contributed by atoms with E-state index in [-0.39, 0.29) is 0 Å². The highest BCUT2D eigenvalue weighted by Crippen LogP contribution is 2.29. The Morgan fingerprint density at radius 1 is 1.24 bits per heavy atom. The zero-order chi connectivity index (χ0) is 12.3. The van der Waals surface area contributed by atoms with Gasteiger partial charge in [-0.3, -0.25) is 0 Å². The Morgan fingerprint density at radius 3 is 2.35 bits per heavy atom. The number of halogens is 1. The smallest absolute Gasteiger partial charge is 0.0175 e. The van der Waals surface area contributed by atoms with Gasteiger partial charge in [-0.25, -0.2) is 0 Å². The summed E-state index contributed by atoms with van der Waals surface area (Å²) in [4.78, 5) is 2.63. The third-order valence-electron chi connectivity index (χ3n) is 4.09. The van der Waals surface area contributed by atoms with Gasteiger partial charge in [-0.1, -0.05) is 35.0 Å². The average Bonchev–Trinajstić information content (AvgIpc) is 2.39. The van der Waals surface area contributed by atoms with E-state index < -0.39 is 0 Å². The standard InChI is InChI=1S/C15H22BrN/c1-3-12(2)17-10-8-14(9-11-17)13-4-6-15(16)7-5-13/h4-7,12,14H,3,8-11H2,1-2H3. The van der Waals surface area contributed by atoms with E-state index in [2.05, 4.69) is 58.9 Å². The lowest BCUT2D eigenvalue weighted by Crippen LogP contribution is -2.39. The molecule has 1 atom stereocenters. The number of hydrogen-bond donors (Lipinski definition) is 0. The molecule has 1 nitrogen and oxygen atoms in total. The average molecular weight is 296 g/mol. The molecule has 1 fully saturated rings. The van der Waals surface area contributed by atoms with Crippen LogP contribution in [-0.4, -0.2) is 24.0 Å². The minimum Gasteiger partial charge on any atom is -0.301 e. The summed E-state index contributed by atoms with van der Waals surface area (Å²) in [6, 6.07) is 9.62. The van der Waals surface area contributed by atoms with Crippen LogP contribution in [0.5, 0.6) is 0 Å². The van der Waals surface area contributed by atoms with E-state index >= 15 is 0 Å². The van der Waals surface area contributed by atoms with Crippen molar-refractivity contribution in [2.75, 3.05) is 13.1 Å². The van der Waals surface area contributed by atoms with E-state index in [1.807, 2.05) is 0 Å². The topological polar surface area (TPSA) is 3.24 Å². The van der Waals surface area contributed by atoms with Gasteiger partial charge in [0.15, 0.2) is 0 Å². The Balaban J connectivity index is 1.93. The van der Waals surface area contributed by atoms with Crippen molar-refractivity contribution in [3.8, 4) is 0 Å². The highest BCUT2D eigenvalue weighted by Gasteiger charge is 2.22. The van der Waals surface area contributed by atoms with Crippen molar-refractivity contribution in [1.29, 1.82) is 0 Å². The minimum absolute atomic E-state index is 0.751. The molecule has 0 amide bonds. The lowest BCUT2D eigenvalue weighted by Gasteiger charge is -2.35. The molecule has 1 saturated heterocycles. The maximum atomic E-state index is 3.50. The summed E-state index contributed by atoms with van der Waals surface area (Å²) >= 11 is 3.50. The van der Waals surface area contributed by atoms with Gasteiger partial charge in [-0.2, -0.15) is 0 Å². The first-order valence-electron chi connectivity index (χ1n) is 6.70. The third kappa shape index (κ3) is 3.32. The number of rotatable bonds is 3. The Morgan fingerprint density at radius 2 is 1.82 bits per heavy atom. The number of piperidine rings is 1. The molecule has 2 rings (SSSR count). The Kier molecular flexibility index (Phi) is 4.63. The normalized spacial score (nSPS) is 20.4. The van der Waals surface area contributed by atoms with Crippen molar-refractivity contribution in [2.24, 2.45) is 0 Å². The zero-order valence-electron chi connectivity index (χ0n) is 10.8. The van der Waals surface area contributed by atoms with Crippen LogP contribution in [0.25, 0.3) is 0 Å². The summed E-state index contributed by atoms with van der Waals surface area (Å²) in [6.45, 7) is 7.15. The summed E-state index contributed by atoms with van der Waals surface area (Å²) in [7, 11) is 0. The van der Waals surface area contributed by atoms with Crippen molar-refractivity contribution in [3.05, 3.63) is 34.3 Å². The molecule has 0 radical (unpaired) electrons. The molecule has 0 bridgehead atoms. The molecule has 1 aliphatic rings. The molecule has 0 aliphatic carbocycles. The summed E-state index contributed by atoms with van der Waals surface area (Å²) < 4.78 is 1.18. The molecule has 0 saturated carbocycles. The lowest BCUT2D eigenvalue weighted by atomic mass is 9.89. The Labute approximate surface area is 113 Å². The van der Waals surface area contributed by atoms with E-state index in [4.69, 9.17) is 0 Å². The van der Waals surface area contributed by atoms with Crippen molar-refractivity contribution < 1.29 is 0 Å². The second kappa shape index (κ2) is 6.01. The van der Waals surface area contributed by atoms with Gasteiger partial charge in [-0.05, 0) is 62.9 Å². The van der Waals surface area contributed by atoms with Crippen LogP contribution in [0.2, 0.25) is 0 Å².